The molecule has 2 saturated heterocycles. The molecule has 2 unspecified atom stereocenters. The van der Waals surface area contributed by atoms with Crippen molar-refractivity contribution in [3.05, 3.63) is 12.3 Å². The second-order valence-corrected chi connectivity index (χ2v) is 6.25. The van der Waals surface area contributed by atoms with Gasteiger partial charge in [0.2, 0.25) is 0 Å². The summed E-state index contributed by atoms with van der Waals surface area (Å²) in [4.78, 5) is 5.23. The smallest absolute Gasteiger partial charge is 0.0472 e. The van der Waals surface area contributed by atoms with Crippen molar-refractivity contribution in [3.8, 4) is 0 Å². The number of nitrogens with zero attached hydrogens (tertiary/aromatic N) is 2. The first-order valence-corrected chi connectivity index (χ1v) is 8.18. The lowest BCUT2D eigenvalue weighted by Gasteiger charge is -2.24. The fraction of sp³-hybridized carbons (Fsp3) is 0.875. The van der Waals surface area contributed by atoms with Crippen LogP contribution in [0.5, 0.6) is 0 Å². The SMILES string of the molecule is C1=CN2CC2CCN2CCCC2CCCOCCC1. The van der Waals surface area contributed by atoms with Gasteiger partial charge in [0, 0.05) is 38.4 Å². The Bertz CT molecular complexity index is 305. The van der Waals surface area contributed by atoms with Gasteiger partial charge in [-0.3, -0.25) is 0 Å². The summed E-state index contributed by atoms with van der Waals surface area (Å²) in [6.07, 6.45) is 13.7. The summed E-state index contributed by atoms with van der Waals surface area (Å²) in [7, 11) is 0. The molecule has 0 aromatic carbocycles. The van der Waals surface area contributed by atoms with Crippen molar-refractivity contribution in [3.63, 3.8) is 0 Å². The van der Waals surface area contributed by atoms with E-state index >= 15 is 0 Å². The van der Waals surface area contributed by atoms with Crippen LogP contribution in [0.3, 0.4) is 0 Å². The molecule has 3 aliphatic heterocycles. The molecular formula is C16H28N2O. The highest BCUT2D eigenvalue weighted by atomic mass is 16.5. The zero-order chi connectivity index (χ0) is 12.9. The van der Waals surface area contributed by atoms with Crippen molar-refractivity contribution in [2.75, 3.05) is 32.8 Å². The van der Waals surface area contributed by atoms with Gasteiger partial charge in [0.1, 0.15) is 0 Å². The summed E-state index contributed by atoms with van der Waals surface area (Å²) in [5.74, 6) is 0. The zero-order valence-corrected chi connectivity index (χ0v) is 12.1. The third-order valence-corrected chi connectivity index (χ3v) is 4.79. The number of hydrogen-bond acceptors (Lipinski definition) is 3. The van der Waals surface area contributed by atoms with Gasteiger partial charge in [-0.2, -0.15) is 0 Å². The molecule has 0 spiro atoms. The number of fused-ring (bicyclic) bond motifs is 2. The first kappa shape index (κ1) is 13.4. The van der Waals surface area contributed by atoms with E-state index < -0.39 is 0 Å². The van der Waals surface area contributed by atoms with Crippen LogP contribution in [0.25, 0.3) is 0 Å². The van der Waals surface area contributed by atoms with E-state index in [1.165, 1.54) is 58.2 Å². The number of ether oxygens (including phenoxy) is 1. The van der Waals surface area contributed by atoms with Crippen LogP contribution in [0, 0.1) is 0 Å². The van der Waals surface area contributed by atoms with Crippen molar-refractivity contribution in [2.24, 2.45) is 0 Å². The van der Waals surface area contributed by atoms with Crippen LogP contribution in [0.1, 0.15) is 44.9 Å². The topological polar surface area (TPSA) is 15.5 Å². The molecule has 3 heteroatoms. The van der Waals surface area contributed by atoms with E-state index in [1.54, 1.807) is 0 Å². The van der Waals surface area contributed by atoms with E-state index in [1.807, 2.05) is 0 Å². The van der Waals surface area contributed by atoms with Crippen molar-refractivity contribution in [2.45, 2.75) is 57.0 Å². The quantitative estimate of drug-likeness (QED) is 0.625. The molecule has 3 nitrogen and oxygen atoms in total. The fourth-order valence-corrected chi connectivity index (χ4v) is 3.50. The van der Waals surface area contributed by atoms with Crippen LogP contribution in [-0.4, -0.2) is 54.7 Å². The second-order valence-electron chi connectivity index (χ2n) is 6.25. The Morgan fingerprint density at radius 2 is 1.79 bits per heavy atom. The van der Waals surface area contributed by atoms with Crippen molar-refractivity contribution in [1.82, 2.24) is 9.80 Å². The van der Waals surface area contributed by atoms with E-state index in [4.69, 9.17) is 4.74 Å². The normalized spacial score (nSPS) is 34.2. The molecule has 108 valence electrons. The number of rotatable bonds is 0. The summed E-state index contributed by atoms with van der Waals surface area (Å²) < 4.78 is 5.73. The van der Waals surface area contributed by atoms with Crippen LogP contribution in [0.15, 0.2) is 12.3 Å². The third kappa shape index (κ3) is 3.96. The van der Waals surface area contributed by atoms with Crippen molar-refractivity contribution < 1.29 is 4.74 Å². The maximum absolute atomic E-state index is 5.73. The predicted octanol–water partition coefficient (Wildman–Crippen LogP) is 2.63. The maximum atomic E-state index is 5.73. The highest BCUT2D eigenvalue weighted by Crippen LogP contribution is 2.26. The summed E-state index contributed by atoms with van der Waals surface area (Å²) >= 11 is 0. The molecule has 0 aromatic rings. The minimum Gasteiger partial charge on any atom is -0.381 e. The van der Waals surface area contributed by atoms with Gasteiger partial charge in [0.25, 0.3) is 0 Å². The first-order valence-electron chi connectivity index (χ1n) is 8.18. The van der Waals surface area contributed by atoms with Crippen molar-refractivity contribution >= 4 is 0 Å². The largest absolute Gasteiger partial charge is 0.381 e. The summed E-state index contributed by atoms with van der Waals surface area (Å²) in [5.41, 5.74) is 0. The Balaban J connectivity index is 1.51. The van der Waals surface area contributed by atoms with Gasteiger partial charge in [0.05, 0.1) is 0 Å². The summed E-state index contributed by atoms with van der Waals surface area (Å²) in [5, 5.41) is 0. The first-order chi connectivity index (χ1) is 9.43. The highest BCUT2D eigenvalue weighted by molar-refractivity contribution is 4.99. The van der Waals surface area contributed by atoms with Gasteiger partial charge in [0.15, 0.2) is 0 Å². The lowest BCUT2D eigenvalue weighted by molar-refractivity contribution is 0.120. The lowest BCUT2D eigenvalue weighted by atomic mass is 10.1. The molecule has 0 amide bonds. The van der Waals surface area contributed by atoms with Gasteiger partial charge < -0.3 is 14.5 Å². The molecule has 0 aliphatic carbocycles. The minimum atomic E-state index is 0.832. The molecule has 2 atom stereocenters. The Hall–Kier alpha value is -0.540. The van der Waals surface area contributed by atoms with Crippen molar-refractivity contribution in [1.29, 1.82) is 0 Å². The zero-order valence-electron chi connectivity index (χ0n) is 12.1. The fourth-order valence-electron chi connectivity index (χ4n) is 3.50. The Labute approximate surface area is 117 Å². The third-order valence-electron chi connectivity index (χ3n) is 4.79. The predicted molar refractivity (Wildman–Crippen MR) is 78.1 cm³/mol. The van der Waals surface area contributed by atoms with Gasteiger partial charge >= 0.3 is 0 Å². The summed E-state index contributed by atoms with van der Waals surface area (Å²) in [6, 6.07) is 1.68. The molecule has 0 N–H and O–H groups in total. The van der Waals surface area contributed by atoms with Crippen LogP contribution in [0.4, 0.5) is 0 Å². The Kier molecular flexibility index (Phi) is 4.78. The van der Waals surface area contributed by atoms with E-state index in [0.717, 1.165) is 31.7 Å². The molecule has 19 heavy (non-hydrogen) atoms. The molecule has 0 aromatic heterocycles. The summed E-state index contributed by atoms with van der Waals surface area (Å²) in [6.45, 7) is 5.81. The molecule has 0 radical (unpaired) electrons. The van der Waals surface area contributed by atoms with Gasteiger partial charge in [-0.1, -0.05) is 6.08 Å². The van der Waals surface area contributed by atoms with Crippen LogP contribution >= 0.6 is 0 Å². The average molecular weight is 264 g/mol. The molecular weight excluding hydrogens is 236 g/mol. The highest BCUT2D eigenvalue weighted by Gasteiger charge is 2.32. The lowest BCUT2D eigenvalue weighted by Crippen LogP contribution is -2.31. The van der Waals surface area contributed by atoms with Crippen LogP contribution in [0.2, 0.25) is 0 Å². The molecule has 0 bridgehead atoms. The van der Waals surface area contributed by atoms with E-state index in [0.29, 0.717) is 0 Å². The number of hydrogen-bond donors (Lipinski definition) is 0. The van der Waals surface area contributed by atoms with E-state index in [2.05, 4.69) is 22.1 Å². The van der Waals surface area contributed by atoms with Gasteiger partial charge in [-0.05, 0) is 57.7 Å². The van der Waals surface area contributed by atoms with Gasteiger partial charge in [-0.15, -0.1) is 0 Å². The standard InChI is InChI=1S/C16H28N2O/c1-2-9-18-14-16(18)8-11-17-10-4-6-15(17)7-5-13-19-12-3-1/h2,9,15-16H,1,3-8,10-14H2. The Morgan fingerprint density at radius 1 is 0.895 bits per heavy atom. The second kappa shape index (κ2) is 6.76. The molecule has 3 rings (SSSR count). The van der Waals surface area contributed by atoms with E-state index in [9.17, 15) is 0 Å². The Morgan fingerprint density at radius 3 is 2.79 bits per heavy atom. The monoisotopic (exact) mass is 264 g/mol. The van der Waals surface area contributed by atoms with Gasteiger partial charge in [-0.25, -0.2) is 0 Å². The average Bonchev–Trinajstić information content (AvgIpc) is 3.01. The van der Waals surface area contributed by atoms with Crippen LogP contribution < -0.4 is 0 Å². The van der Waals surface area contributed by atoms with Crippen LogP contribution in [-0.2, 0) is 4.74 Å². The minimum absolute atomic E-state index is 0.832. The maximum Gasteiger partial charge on any atom is 0.0472 e. The number of allylic oxidation sites excluding steroid dienone is 1. The molecule has 3 aliphatic rings. The molecule has 0 saturated carbocycles. The van der Waals surface area contributed by atoms with E-state index in [-0.39, 0.29) is 0 Å². The molecule has 2 fully saturated rings. The molecule has 3 heterocycles.